The predicted molar refractivity (Wildman–Crippen MR) is 249 cm³/mol. The third-order valence-electron chi connectivity index (χ3n) is 13.0. The Balaban J connectivity index is 1.23. The fourth-order valence-corrected chi connectivity index (χ4v) is 10.6. The molecule has 2 aliphatic rings. The van der Waals surface area contributed by atoms with Crippen molar-refractivity contribution in [3.8, 4) is 27.9 Å². The highest BCUT2D eigenvalue weighted by atomic mass is 15.1. The van der Waals surface area contributed by atoms with E-state index in [0.29, 0.717) is 0 Å². The Bertz CT molecular complexity index is 3300. The average molecular weight is 753 g/mol. The zero-order valence-electron chi connectivity index (χ0n) is 33.0. The van der Waals surface area contributed by atoms with Crippen LogP contribution in [0.5, 0.6) is 0 Å². The number of aryl methyl sites for hydroxylation is 1. The molecule has 1 aromatic heterocycles. The van der Waals surface area contributed by atoms with Crippen molar-refractivity contribution in [3.63, 3.8) is 0 Å². The molecule has 0 aliphatic heterocycles. The normalized spacial score (nSPS) is 13.3. The predicted octanol–water partition coefficient (Wildman–Crippen LogP) is 15.1. The molecule has 9 aromatic carbocycles. The summed E-state index contributed by atoms with van der Waals surface area (Å²) in [5.74, 6) is 0. The standard InChI is InChI=1S/C57H40N2/c1-3-16-39-33-44(31-29-37(39)2)58(42-20-8-5-9-21-42)45-35-41-30-32-53-56-54(41)51(36-45)57(48-25-12-10-23-46(48)47-24-11-13-26-49(47)57)50-27-15-28-52(55(50)56)59(53)43-22-14-19-40(34-43)38-17-6-4-7-18-38/h3-36H,1-2H3/b16-3-. The molecule has 2 nitrogen and oxygen atoms in total. The Kier molecular flexibility index (Phi) is 7.31. The van der Waals surface area contributed by atoms with Crippen LogP contribution >= 0.6 is 0 Å². The Labute approximate surface area is 344 Å². The molecule has 12 rings (SSSR count). The smallest absolute Gasteiger partial charge is 0.0727 e. The van der Waals surface area contributed by atoms with Gasteiger partial charge in [0.2, 0.25) is 0 Å². The lowest BCUT2D eigenvalue weighted by atomic mass is 9.63. The molecule has 2 heteroatoms. The Morgan fingerprint density at radius 1 is 0.458 bits per heavy atom. The van der Waals surface area contributed by atoms with Crippen molar-refractivity contribution in [2.75, 3.05) is 4.90 Å². The first-order valence-corrected chi connectivity index (χ1v) is 20.6. The highest BCUT2D eigenvalue weighted by Gasteiger charge is 2.50. The molecule has 2 aliphatic carbocycles. The quantitative estimate of drug-likeness (QED) is 0.164. The number of allylic oxidation sites excluding steroid dienone is 1. The second-order valence-electron chi connectivity index (χ2n) is 16.1. The summed E-state index contributed by atoms with van der Waals surface area (Å²) in [6, 6.07) is 72.5. The molecule has 0 saturated carbocycles. The van der Waals surface area contributed by atoms with Crippen LogP contribution in [0.25, 0.3) is 66.6 Å². The fourth-order valence-electron chi connectivity index (χ4n) is 10.6. The molecule has 0 atom stereocenters. The molecule has 59 heavy (non-hydrogen) atoms. The Hall–Kier alpha value is -7.42. The number of benzene rings is 9. The summed E-state index contributed by atoms with van der Waals surface area (Å²) in [6.07, 6.45) is 4.35. The van der Waals surface area contributed by atoms with Gasteiger partial charge in [0, 0.05) is 33.5 Å². The van der Waals surface area contributed by atoms with E-state index >= 15 is 0 Å². The molecule has 0 unspecified atom stereocenters. The van der Waals surface area contributed by atoms with E-state index in [1.165, 1.54) is 88.2 Å². The van der Waals surface area contributed by atoms with Crippen LogP contribution in [0.4, 0.5) is 17.1 Å². The van der Waals surface area contributed by atoms with Gasteiger partial charge in [-0.1, -0.05) is 146 Å². The Morgan fingerprint density at radius 2 is 1.12 bits per heavy atom. The number of rotatable bonds is 6. The summed E-state index contributed by atoms with van der Waals surface area (Å²) in [5, 5.41) is 5.22. The molecule has 0 saturated heterocycles. The topological polar surface area (TPSA) is 8.17 Å². The second-order valence-corrected chi connectivity index (χ2v) is 16.1. The van der Waals surface area contributed by atoms with E-state index in [0.717, 1.165) is 22.7 Å². The van der Waals surface area contributed by atoms with Crippen LogP contribution in [0, 0.1) is 6.92 Å². The van der Waals surface area contributed by atoms with Crippen LogP contribution < -0.4 is 4.90 Å². The van der Waals surface area contributed by atoms with Gasteiger partial charge in [0.15, 0.2) is 0 Å². The van der Waals surface area contributed by atoms with E-state index in [1.54, 1.807) is 0 Å². The summed E-state index contributed by atoms with van der Waals surface area (Å²) >= 11 is 0. The van der Waals surface area contributed by atoms with Crippen LogP contribution in [0.2, 0.25) is 0 Å². The summed E-state index contributed by atoms with van der Waals surface area (Å²) in [5.41, 5.74) is 19.3. The maximum absolute atomic E-state index is 2.53. The minimum atomic E-state index is -0.550. The number of nitrogens with zero attached hydrogens (tertiary/aromatic N) is 2. The van der Waals surface area contributed by atoms with Crippen molar-refractivity contribution in [3.05, 3.63) is 234 Å². The monoisotopic (exact) mass is 752 g/mol. The van der Waals surface area contributed by atoms with Crippen LogP contribution in [-0.4, -0.2) is 4.57 Å². The lowest BCUT2D eigenvalue weighted by molar-refractivity contribution is 0.783. The molecule has 1 spiro atoms. The SMILES string of the molecule is C/C=C\c1cc(N(c2ccccc2)c2cc3c4c(ccc5c4c4c(cccc4n5-c4cccc(-c5ccccc5)c4)C34c3ccccc3-c3ccccc34)c2)ccc1C. The zero-order valence-corrected chi connectivity index (χ0v) is 33.0. The second kappa shape index (κ2) is 12.8. The maximum atomic E-state index is 2.53. The van der Waals surface area contributed by atoms with Crippen molar-refractivity contribution < 1.29 is 0 Å². The number of hydrogen-bond donors (Lipinski definition) is 0. The number of anilines is 3. The van der Waals surface area contributed by atoms with Crippen molar-refractivity contribution in [2.45, 2.75) is 19.3 Å². The van der Waals surface area contributed by atoms with Gasteiger partial charge in [-0.2, -0.15) is 0 Å². The molecular weight excluding hydrogens is 713 g/mol. The van der Waals surface area contributed by atoms with Crippen LogP contribution in [-0.2, 0) is 5.41 Å². The lowest BCUT2D eigenvalue weighted by Crippen LogP contribution is -2.31. The molecular formula is C57H40N2. The van der Waals surface area contributed by atoms with E-state index in [-0.39, 0.29) is 0 Å². The first-order valence-electron chi connectivity index (χ1n) is 20.6. The highest BCUT2D eigenvalue weighted by molar-refractivity contribution is 6.27. The molecule has 0 N–H and O–H groups in total. The molecule has 0 amide bonds. The Morgan fingerprint density at radius 3 is 1.88 bits per heavy atom. The first kappa shape index (κ1) is 33.7. The summed E-state index contributed by atoms with van der Waals surface area (Å²) in [4.78, 5) is 2.45. The van der Waals surface area contributed by atoms with Gasteiger partial charge in [0.05, 0.1) is 16.4 Å². The van der Waals surface area contributed by atoms with Gasteiger partial charge in [-0.15, -0.1) is 0 Å². The molecule has 10 aromatic rings. The van der Waals surface area contributed by atoms with Crippen molar-refractivity contribution >= 4 is 55.7 Å². The van der Waals surface area contributed by atoms with Gasteiger partial charge in [-0.3, -0.25) is 0 Å². The number of hydrogen-bond acceptors (Lipinski definition) is 1. The summed E-state index contributed by atoms with van der Waals surface area (Å²) in [7, 11) is 0. The van der Waals surface area contributed by atoms with Gasteiger partial charge in [0.1, 0.15) is 0 Å². The van der Waals surface area contributed by atoms with E-state index in [1.807, 2.05) is 0 Å². The largest absolute Gasteiger partial charge is 0.310 e. The van der Waals surface area contributed by atoms with Crippen molar-refractivity contribution in [2.24, 2.45) is 0 Å². The highest BCUT2D eigenvalue weighted by Crippen LogP contribution is 2.63. The van der Waals surface area contributed by atoms with Gasteiger partial charge >= 0.3 is 0 Å². The summed E-state index contributed by atoms with van der Waals surface area (Å²) in [6.45, 7) is 4.28. The third kappa shape index (κ3) is 4.69. The first-order chi connectivity index (χ1) is 29.1. The number of para-hydroxylation sites is 1. The van der Waals surface area contributed by atoms with Crippen molar-refractivity contribution in [1.29, 1.82) is 0 Å². The van der Waals surface area contributed by atoms with Crippen LogP contribution in [0.3, 0.4) is 0 Å². The minimum Gasteiger partial charge on any atom is -0.310 e. The summed E-state index contributed by atoms with van der Waals surface area (Å²) < 4.78 is 2.51. The van der Waals surface area contributed by atoms with Crippen molar-refractivity contribution in [1.82, 2.24) is 4.57 Å². The number of aromatic nitrogens is 1. The number of fused-ring (bicyclic) bond motifs is 7. The fraction of sp³-hybridized carbons (Fsp3) is 0.0526. The van der Waals surface area contributed by atoms with E-state index in [2.05, 4.69) is 230 Å². The van der Waals surface area contributed by atoms with E-state index < -0.39 is 5.41 Å². The van der Waals surface area contributed by atoms with E-state index in [9.17, 15) is 0 Å². The third-order valence-corrected chi connectivity index (χ3v) is 13.0. The van der Waals surface area contributed by atoms with E-state index in [4.69, 9.17) is 0 Å². The molecule has 278 valence electrons. The van der Waals surface area contributed by atoms with Gasteiger partial charge in [-0.25, -0.2) is 0 Å². The van der Waals surface area contributed by atoms with Gasteiger partial charge in [0.25, 0.3) is 0 Å². The molecule has 0 bridgehead atoms. The molecule has 0 radical (unpaired) electrons. The van der Waals surface area contributed by atoms with Crippen LogP contribution in [0.1, 0.15) is 40.3 Å². The lowest BCUT2D eigenvalue weighted by Gasteiger charge is -2.39. The average Bonchev–Trinajstić information content (AvgIpc) is 3.79. The van der Waals surface area contributed by atoms with Crippen LogP contribution in [0.15, 0.2) is 200 Å². The maximum Gasteiger partial charge on any atom is 0.0727 e. The zero-order chi connectivity index (χ0) is 39.2. The minimum absolute atomic E-state index is 0.550. The molecule has 1 heterocycles. The van der Waals surface area contributed by atoms with Gasteiger partial charge < -0.3 is 9.47 Å². The molecule has 0 fully saturated rings. The van der Waals surface area contributed by atoms with Gasteiger partial charge in [-0.05, 0) is 141 Å².